The first kappa shape index (κ1) is 16.4. The minimum absolute atomic E-state index is 0.0255. The highest BCUT2D eigenvalue weighted by atomic mass is 16.7. The van der Waals surface area contributed by atoms with Crippen LogP contribution in [-0.4, -0.2) is 19.8 Å². The summed E-state index contributed by atoms with van der Waals surface area (Å²) < 4.78 is 15.8. The van der Waals surface area contributed by atoms with Crippen molar-refractivity contribution in [1.82, 2.24) is 0 Å². The number of carbonyl (C=O) groups excluding carboxylic acids is 1. The van der Waals surface area contributed by atoms with Crippen LogP contribution in [0, 0.1) is 18.3 Å². The molecule has 3 rings (SSSR count). The van der Waals surface area contributed by atoms with E-state index < -0.39 is 5.91 Å². The molecule has 0 atom stereocenters. The minimum Gasteiger partial charge on any atom is -0.495 e. The van der Waals surface area contributed by atoms with Gasteiger partial charge in [-0.15, -0.1) is 0 Å². The average molecular weight is 336 g/mol. The fraction of sp³-hybridized carbons (Fsp3) is 0.158. The number of nitrogens with zero attached hydrogens (tertiary/aromatic N) is 1. The smallest absolute Gasteiger partial charge is 0.266 e. The number of anilines is 1. The quantitative estimate of drug-likeness (QED) is 0.684. The molecular formula is C19H16N2O4. The molecule has 6 heteroatoms. The Hall–Kier alpha value is -3.46. The Labute approximate surface area is 145 Å². The van der Waals surface area contributed by atoms with E-state index in [1.54, 1.807) is 30.3 Å². The number of amides is 1. The molecule has 2 aromatic carbocycles. The van der Waals surface area contributed by atoms with Crippen LogP contribution in [0.2, 0.25) is 0 Å². The van der Waals surface area contributed by atoms with Gasteiger partial charge in [0, 0.05) is 0 Å². The summed E-state index contributed by atoms with van der Waals surface area (Å²) in [6.07, 6.45) is 1.50. The van der Waals surface area contributed by atoms with Crippen LogP contribution in [0.1, 0.15) is 11.1 Å². The van der Waals surface area contributed by atoms with E-state index >= 15 is 0 Å². The van der Waals surface area contributed by atoms with Crippen LogP contribution in [0.15, 0.2) is 42.0 Å². The van der Waals surface area contributed by atoms with Gasteiger partial charge in [-0.1, -0.05) is 12.1 Å². The van der Waals surface area contributed by atoms with Crippen LogP contribution in [0.25, 0.3) is 6.08 Å². The summed E-state index contributed by atoms with van der Waals surface area (Å²) in [7, 11) is 1.52. The highest BCUT2D eigenvalue weighted by Crippen LogP contribution is 2.33. The molecule has 0 radical (unpaired) electrons. The van der Waals surface area contributed by atoms with Gasteiger partial charge in [-0.3, -0.25) is 4.79 Å². The van der Waals surface area contributed by atoms with Crippen molar-refractivity contribution < 1.29 is 19.0 Å². The van der Waals surface area contributed by atoms with E-state index in [9.17, 15) is 10.1 Å². The van der Waals surface area contributed by atoms with E-state index in [0.717, 1.165) is 5.56 Å². The molecular weight excluding hydrogens is 320 g/mol. The lowest BCUT2D eigenvalue weighted by Crippen LogP contribution is -2.14. The third-order valence-electron chi connectivity index (χ3n) is 3.68. The molecule has 0 fully saturated rings. The van der Waals surface area contributed by atoms with Crippen LogP contribution < -0.4 is 19.5 Å². The maximum Gasteiger partial charge on any atom is 0.266 e. The SMILES string of the molecule is COc1ccc(C)cc1NC(=O)/C(C#N)=C/c1ccc2c(c1)OCO2. The van der Waals surface area contributed by atoms with E-state index in [2.05, 4.69) is 5.32 Å². The van der Waals surface area contributed by atoms with Crippen molar-refractivity contribution in [3.63, 3.8) is 0 Å². The number of benzene rings is 2. The lowest BCUT2D eigenvalue weighted by atomic mass is 10.1. The molecule has 25 heavy (non-hydrogen) atoms. The van der Waals surface area contributed by atoms with Gasteiger partial charge in [0.25, 0.3) is 5.91 Å². The van der Waals surface area contributed by atoms with E-state index in [1.165, 1.54) is 13.2 Å². The number of ether oxygens (including phenoxy) is 3. The highest BCUT2D eigenvalue weighted by molar-refractivity contribution is 6.10. The zero-order valence-corrected chi connectivity index (χ0v) is 13.8. The third-order valence-corrected chi connectivity index (χ3v) is 3.68. The van der Waals surface area contributed by atoms with E-state index in [1.807, 2.05) is 19.1 Å². The van der Waals surface area contributed by atoms with Crippen molar-refractivity contribution in [3.8, 4) is 23.3 Å². The third kappa shape index (κ3) is 3.56. The molecule has 126 valence electrons. The van der Waals surface area contributed by atoms with Gasteiger partial charge in [-0.2, -0.15) is 5.26 Å². The predicted octanol–water partition coefficient (Wildman–Crippen LogP) is 3.28. The molecule has 0 saturated carbocycles. The molecule has 0 spiro atoms. The van der Waals surface area contributed by atoms with Crippen LogP contribution in [-0.2, 0) is 4.79 Å². The molecule has 1 aliphatic heterocycles. The fourth-order valence-electron chi connectivity index (χ4n) is 2.43. The number of nitrogens with one attached hydrogen (secondary N) is 1. The van der Waals surface area contributed by atoms with Gasteiger partial charge in [-0.05, 0) is 48.4 Å². The number of fused-ring (bicyclic) bond motifs is 1. The van der Waals surface area contributed by atoms with Crippen molar-refractivity contribution >= 4 is 17.7 Å². The number of aryl methyl sites for hydroxylation is 1. The molecule has 1 N–H and O–H groups in total. The highest BCUT2D eigenvalue weighted by Gasteiger charge is 2.15. The van der Waals surface area contributed by atoms with E-state index in [4.69, 9.17) is 14.2 Å². The zero-order chi connectivity index (χ0) is 17.8. The second-order valence-corrected chi connectivity index (χ2v) is 5.44. The first-order chi connectivity index (χ1) is 12.1. The number of methoxy groups -OCH3 is 1. The summed E-state index contributed by atoms with van der Waals surface area (Å²) in [5, 5.41) is 12.1. The molecule has 0 bridgehead atoms. The minimum atomic E-state index is -0.510. The summed E-state index contributed by atoms with van der Waals surface area (Å²) >= 11 is 0. The topological polar surface area (TPSA) is 80.6 Å². The second-order valence-electron chi connectivity index (χ2n) is 5.44. The van der Waals surface area contributed by atoms with Gasteiger partial charge < -0.3 is 19.5 Å². The van der Waals surface area contributed by atoms with Gasteiger partial charge in [0.15, 0.2) is 11.5 Å². The molecule has 0 saturated heterocycles. The summed E-state index contributed by atoms with van der Waals surface area (Å²) in [6, 6.07) is 12.6. The Morgan fingerprint density at radius 3 is 2.80 bits per heavy atom. The van der Waals surface area contributed by atoms with Gasteiger partial charge in [-0.25, -0.2) is 0 Å². The van der Waals surface area contributed by atoms with Crippen LogP contribution >= 0.6 is 0 Å². The van der Waals surface area contributed by atoms with Crippen LogP contribution in [0.3, 0.4) is 0 Å². The molecule has 0 aliphatic carbocycles. The number of hydrogen-bond acceptors (Lipinski definition) is 5. The van der Waals surface area contributed by atoms with E-state index in [-0.39, 0.29) is 12.4 Å². The zero-order valence-electron chi connectivity index (χ0n) is 13.8. The Morgan fingerprint density at radius 2 is 2.04 bits per heavy atom. The number of hydrogen-bond donors (Lipinski definition) is 1. The molecule has 0 unspecified atom stereocenters. The molecule has 1 heterocycles. The van der Waals surface area contributed by atoms with Gasteiger partial charge in [0.2, 0.25) is 6.79 Å². The maximum atomic E-state index is 12.4. The number of rotatable bonds is 4. The van der Waals surface area contributed by atoms with Crippen molar-refractivity contribution in [2.24, 2.45) is 0 Å². The molecule has 2 aromatic rings. The number of nitriles is 1. The summed E-state index contributed by atoms with van der Waals surface area (Å²) in [5.74, 6) is 1.25. The van der Waals surface area contributed by atoms with Crippen molar-refractivity contribution in [2.45, 2.75) is 6.92 Å². The second kappa shape index (κ2) is 6.97. The fourth-order valence-corrected chi connectivity index (χ4v) is 2.43. The summed E-state index contributed by atoms with van der Waals surface area (Å²) in [5.41, 5.74) is 2.13. The lowest BCUT2D eigenvalue weighted by molar-refractivity contribution is -0.112. The Morgan fingerprint density at radius 1 is 1.24 bits per heavy atom. The molecule has 0 aromatic heterocycles. The normalized spacial score (nSPS) is 12.4. The largest absolute Gasteiger partial charge is 0.495 e. The van der Waals surface area contributed by atoms with Gasteiger partial charge in [0.05, 0.1) is 12.8 Å². The monoisotopic (exact) mass is 336 g/mol. The summed E-state index contributed by atoms with van der Waals surface area (Å²) in [6.45, 7) is 2.07. The van der Waals surface area contributed by atoms with E-state index in [0.29, 0.717) is 28.5 Å². The van der Waals surface area contributed by atoms with Crippen LogP contribution in [0.4, 0.5) is 5.69 Å². The van der Waals surface area contributed by atoms with Gasteiger partial charge in [0.1, 0.15) is 17.4 Å². The summed E-state index contributed by atoms with van der Waals surface area (Å²) in [4.78, 5) is 12.4. The first-order valence-electron chi connectivity index (χ1n) is 7.58. The average Bonchev–Trinajstić information content (AvgIpc) is 3.07. The van der Waals surface area contributed by atoms with Crippen molar-refractivity contribution in [2.75, 3.05) is 19.2 Å². The van der Waals surface area contributed by atoms with Crippen LogP contribution in [0.5, 0.6) is 17.2 Å². The lowest BCUT2D eigenvalue weighted by Gasteiger charge is -2.10. The molecule has 1 amide bonds. The Bertz CT molecular complexity index is 897. The standard InChI is InChI=1S/C19H16N2O4/c1-12-3-5-16(23-2)15(7-12)21-19(22)14(10-20)8-13-4-6-17-18(9-13)25-11-24-17/h3-9H,11H2,1-2H3,(H,21,22)/b14-8+. The first-order valence-corrected chi connectivity index (χ1v) is 7.58. The number of carbonyl (C=O) groups is 1. The Balaban J connectivity index is 1.85. The molecule has 6 nitrogen and oxygen atoms in total. The molecule has 1 aliphatic rings. The maximum absolute atomic E-state index is 12.4. The van der Waals surface area contributed by atoms with Crippen molar-refractivity contribution in [1.29, 1.82) is 5.26 Å². The Kier molecular flexibility index (Phi) is 4.57. The predicted molar refractivity (Wildman–Crippen MR) is 92.5 cm³/mol. The van der Waals surface area contributed by atoms with Gasteiger partial charge >= 0.3 is 0 Å². The van der Waals surface area contributed by atoms with Crippen molar-refractivity contribution in [3.05, 3.63) is 53.1 Å².